The zero-order chi connectivity index (χ0) is 56.5. The molecule has 0 saturated carbocycles. The molecule has 0 aliphatic rings. The van der Waals surface area contributed by atoms with Crippen LogP contribution in [0.4, 0.5) is 0 Å². The van der Waals surface area contributed by atoms with E-state index in [0.717, 1.165) is 0 Å². The first-order valence-electron chi connectivity index (χ1n) is 34.9. The summed E-state index contributed by atoms with van der Waals surface area (Å²) in [4.78, 5) is 6.87. The first-order valence-corrected chi connectivity index (χ1v) is 34.9. The quantitative estimate of drug-likeness (QED) is 0.0595. The monoisotopic (exact) mass is 1070 g/mol. The maximum atomic E-state index is 4.50. The SMILES string of the molecule is CCCCCCCCCCCCCCCCCNC.CCCCCCCCCCCCCCCCN(C)C.CCCCCCCCCCCCCCCN(C)C.CCCCCCCCCCCCCCN(C)C.CN. The zero-order valence-electron chi connectivity index (χ0n) is 55.4. The van der Waals surface area contributed by atoms with Gasteiger partial charge in [0.1, 0.15) is 0 Å². The van der Waals surface area contributed by atoms with Gasteiger partial charge in [0.2, 0.25) is 0 Å². The number of nitrogens with two attached hydrogens (primary N) is 1. The Balaban J connectivity index is -0.000000287. The van der Waals surface area contributed by atoms with Gasteiger partial charge in [0.25, 0.3) is 0 Å². The predicted octanol–water partition coefficient (Wildman–Crippen LogP) is 22.6. The third-order valence-corrected chi connectivity index (χ3v) is 15.2. The lowest BCUT2D eigenvalue weighted by molar-refractivity contribution is 0.389. The molecule has 0 spiro atoms. The van der Waals surface area contributed by atoms with Crippen LogP contribution in [-0.2, 0) is 0 Å². The van der Waals surface area contributed by atoms with Crippen LogP contribution >= 0.6 is 0 Å². The van der Waals surface area contributed by atoms with Gasteiger partial charge in [-0.15, -0.1) is 0 Å². The Labute approximate surface area is 480 Å². The third-order valence-electron chi connectivity index (χ3n) is 15.2. The molecule has 0 amide bonds. The van der Waals surface area contributed by atoms with Crippen LogP contribution in [0.3, 0.4) is 0 Å². The Morgan fingerprint density at radius 3 is 0.440 bits per heavy atom. The summed E-state index contributed by atoms with van der Waals surface area (Å²) in [6, 6.07) is 0. The van der Waals surface area contributed by atoms with Crippen molar-refractivity contribution in [2.24, 2.45) is 5.73 Å². The minimum atomic E-state index is 1.19. The van der Waals surface area contributed by atoms with Crippen molar-refractivity contribution in [1.29, 1.82) is 0 Å². The van der Waals surface area contributed by atoms with Gasteiger partial charge >= 0.3 is 0 Å². The molecular weight excluding hydrogens is 911 g/mol. The van der Waals surface area contributed by atoms with Crippen LogP contribution in [0.2, 0.25) is 0 Å². The molecule has 0 bridgehead atoms. The minimum absolute atomic E-state index is 1.19. The second kappa shape index (κ2) is 85.1. The van der Waals surface area contributed by atoms with E-state index in [-0.39, 0.29) is 0 Å². The summed E-state index contributed by atoms with van der Waals surface area (Å²) >= 11 is 0. The van der Waals surface area contributed by atoms with Crippen molar-refractivity contribution in [1.82, 2.24) is 20.0 Å². The van der Waals surface area contributed by atoms with E-state index in [2.05, 4.69) is 95.7 Å². The highest BCUT2D eigenvalue weighted by Gasteiger charge is 1.99. The number of nitrogens with zero attached hydrogens (tertiary/aromatic N) is 3. The van der Waals surface area contributed by atoms with Gasteiger partial charge in [0.15, 0.2) is 0 Å². The highest BCUT2D eigenvalue weighted by atomic mass is 15.1. The fourth-order valence-corrected chi connectivity index (χ4v) is 10.0. The topological polar surface area (TPSA) is 47.8 Å². The van der Waals surface area contributed by atoms with Crippen LogP contribution in [0.15, 0.2) is 0 Å². The first kappa shape index (κ1) is 83.6. The van der Waals surface area contributed by atoms with E-state index in [0.29, 0.717) is 0 Å². The minimum Gasteiger partial charge on any atom is -0.333 e. The van der Waals surface area contributed by atoms with E-state index in [1.54, 1.807) is 0 Å². The molecule has 0 aliphatic heterocycles. The average Bonchev–Trinajstić information content (AvgIpc) is 3.40. The Hall–Kier alpha value is -0.200. The van der Waals surface area contributed by atoms with E-state index in [9.17, 15) is 0 Å². The van der Waals surface area contributed by atoms with Crippen molar-refractivity contribution in [3.8, 4) is 0 Å². The molecule has 0 atom stereocenters. The maximum Gasteiger partial charge on any atom is -0.00248 e. The lowest BCUT2D eigenvalue weighted by Gasteiger charge is -2.08. The van der Waals surface area contributed by atoms with Gasteiger partial charge in [0, 0.05) is 0 Å². The van der Waals surface area contributed by atoms with Crippen LogP contribution in [0.5, 0.6) is 0 Å². The number of unbranched alkanes of at least 4 members (excludes halogenated alkanes) is 50. The molecule has 0 aliphatic carbocycles. The Morgan fingerprint density at radius 2 is 0.320 bits per heavy atom. The number of nitrogens with one attached hydrogen (secondary N) is 1. The highest BCUT2D eigenvalue weighted by molar-refractivity contribution is 4.55. The summed E-state index contributed by atoms with van der Waals surface area (Å²) < 4.78 is 0. The van der Waals surface area contributed by atoms with Gasteiger partial charge in [-0.25, -0.2) is 0 Å². The molecule has 0 aromatic heterocycles. The normalized spacial score (nSPS) is 11.0. The van der Waals surface area contributed by atoms with E-state index in [1.165, 1.54) is 380 Å². The molecule has 0 fully saturated rings. The van der Waals surface area contributed by atoms with E-state index >= 15 is 0 Å². The second-order valence-corrected chi connectivity index (χ2v) is 24.2. The highest BCUT2D eigenvalue weighted by Crippen LogP contribution is 2.17. The van der Waals surface area contributed by atoms with Crippen LogP contribution in [0.25, 0.3) is 0 Å². The van der Waals surface area contributed by atoms with Gasteiger partial charge in [-0.05, 0) is 108 Å². The molecule has 75 heavy (non-hydrogen) atoms. The van der Waals surface area contributed by atoms with E-state index in [1.807, 2.05) is 7.05 Å². The molecule has 0 aromatic rings. The molecule has 5 heteroatoms. The van der Waals surface area contributed by atoms with Crippen LogP contribution in [0, 0.1) is 0 Å². The summed E-state index contributed by atoms with van der Waals surface area (Å²) in [7, 11) is 16.5. The van der Waals surface area contributed by atoms with Crippen molar-refractivity contribution < 1.29 is 0 Å². The molecule has 0 unspecified atom stereocenters. The molecule has 0 rings (SSSR count). The van der Waals surface area contributed by atoms with Crippen molar-refractivity contribution in [3.63, 3.8) is 0 Å². The molecule has 460 valence electrons. The van der Waals surface area contributed by atoms with Gasteiger partial charge in [0.05, 0.1) is 0 Å². The van der Waals surface area contributed by atoms with E-state index < -0.39 is 0 Å². The summed E-state index contributed by atoms with van der Waals surface area (Å²) in [5, 5.41) is 3.21. The van der Waals surface area contributed by atoms with Crippen molar-refractivity contribution in [2.45, 2.75) is 374 Å². The summed E-state index contributed by atoms with van der Waals surface area (Å²) in [5.74, 6) is 0. The van der Waals surface area contributed by atoms with Gasteiger partial charge < -0.3 is 25.8 Å². The summed E-state index contributed by atoms with van der Waals surface area (Å²) in [6.45, 7) is 14.1. The molecule has 0 heterocycles. The molecule has 5 nitrogen and oxygen atoms in total. The van der Waals surface area contributed by atoms with Crippen molar-refractivity contribution in [2.75, 3.05) is 82.6 Å². The average molecular weight is 1070 g/mol. The molecule has 0 radical (unpaired) electrons. The number of hydrogen-bond acceptors (Lipinski definition) is 5. The van der Waals surface area contributed by atoms with Crippen molar-refractivity contribution in [3.05, 3.63) is 0 Å². The largest absolute Gasteiger partial charge is 0.333 e. The van der Waals surface area contributed by atoms with Crippen LogP contribution < -0.4 is 11.1 Å². The van der Waals surface area contributed by atoms with Gasteiger partial charge in [-0.3, -0.25) is 0 Å². The number of rotatable bonds is 58. The Bertz CT molecular complexity index is 832. The van der Waals surface area contributed by atoms with Gasteiger partial charge in [-0.1, -0.05) is 349 Å². The third kappa shape index (κ3) is 103. The fourth-order valence-electron chi connectivity index (χ4n) is 10.0. The smallest absolute Gasteiger partial charge is 0.00248 e. The maximum absolute atomic E-state index is 4.50. The predicted molar refractivity (Wildman–Crippen MR) is 352 cm³/mol. The first-order chi connectivity index (χ1) is 36.7. The summed E-state index contributed by atoms with van der Waals surface area (Å²) in [6.07, 6.45) is 78.2. The summed E-state index contributed by atoms with van der Waals surface area (Å²) in [5.41, 5.74) is 4.50. The molecular formula is C70H155N5. The fraction of sp³-hybridized carbons (Fsp3) is 1.00. The second-order valence-electron chi connectivity index (χ2n) is 24.2. The lowest BCUT2D eigenvalue weighted by atomic mass is 10.0. The van der Waals surface area contributed by atoms with Crippen LogP contribution in [-0.4, -0.2) is 97.3 Å². The number of hydrogen-bond donors (Lipinski definition) is 2. The van der Waals surface area contributed by atoms with Crippen LogP contribution in [0.1, 0.15) is 374 Å². The Kier molecular flexibility index (Phi) is 94.9. The van der Waals surface area contributed by atoms with Crippen molar-refractivity contribution >= 4 is 0 Å². The molecule has 0 saturated heterocycles. The molecule has 0 aromatic carbocycles. The zero-order valence-corrected chi connectivity index (χ0v) is 55.4. The molecule has 3 N–H and O–H groups in total. The standard InChI is InChI=1S/2C18H39N.C17H37N.C16H35N.CH5N/c1-4-5-6-7-8-9-10-11-12-13-14-15-16-17-18-19(2)3;1-3-4-5-6-7-8-9-10-11-12-13-14-15-16-17-18-19-2;1-4-5-6-7-8-9-10-11-12-13-14-15-16-17-18(2)3;1-4-5-6-7-8-9-10-11-12-13-14-15-16-17(2)3;1-2/h4-18H2,1-3H3;19H,3-18H2,1-2H3;4-17H2,1-3H3;4-16H2,1-3H3;2H2,1H3. The lowest BCUT2D eigenvalue weighted by Crippen LogP contribution is -2.12. The van der Waals surface area contributed by atoms with E-state index in [4.69, 9.17) is 0 Å². The Morgan fingerprint density at radius 1 is 0.200 bits per heavy atom. The van der Waals surface area contributed by atoms with Gasteiger partial charge in [-0.2, -0.15) is 0 Å².